The molecule has 1 aromatic rings. The maximum Gasteiger partial charge on any atom is 0.224 e. The van der Waals surface area contributed by atoms with Gasteiger partial charge in [0.1, 0.15) is 0 Å². The van der Waals surface area contributed by atoms with Crippen LogP contribution < -0.4 is 11.1 Å². The first kappa shape index (κ1) is 15.7. The molecule has 1 aromatic carbocycles. The molecule has 19 heavy (non-hydrogen) atoms. The summed E-state index contributed by atoms with van der Waals surface area (Å²) in [5.41, 5.74) is 10.6. The molecule has 0 aliphatic carbocycles. The molecular weight excluding hydrogens is 236 g/mol. The van der Waals surface area contributed by atoms with Gasteiger partial charge < -0.3 is 11.1 Å². The Labute approximate surface area is 116 Å². The number of amides is 1. The van der Waals surface area contributed by atoms with Gasteiger partial charge in [-0.25, -0.2) is 0 Å². The summed E-state index contributed by atoms with van der Waals surface area (Å²) in [7, 11) is 0. The molecule has 1 atom stereocenters. The lowest BCUT2D eigenvalue weighted by molar-refractivity contribution is -0.126. The Kier molecular flexibility index (Phi) is 5.55. The average molecular weight is 262 g/mol. The molecule has 0 aliphatic rings. The number of nitrogens with one attached hydrogen (secondary N) is 1. The normalized spacial score (nSPS) is 12.6. The molecule has 0 saturated heterocycles. The van der Waals surface area contributed by atoms with Crippen LogP contribution in [0.2, 0.25) is 0 Å². The van der Waals surface area contributed by atoms with E-state index in [4.69, 9.17) is 5.73 Å². The van der Waals surface area contributed by atoms with Crippen molar-refractivity contribution in [3.05, 3.63) is 34.4 Å². The first-order valence-electron chi connectivity index (χ1n) is 6.91. The van der Waals surface area contributed by atoms with Gasteiger partial charge in [-0.2, -0.15) is 0 Å². The summed E-state index contributed by atoms with van der Waals surface area (Å²) in [5.74, 6) is 0.216. The maximum atomic E-state index is 12.1. The van der Waals surface area contributed by atoms with E-state index in [9.17, 15) is 4.79 Å². The van der Waals surface area contributed by atoms with Gasteiger partial charge in [0.05, 0.1) is 5.92 Å². The molecule has 0 heterocycles. The van der Waals surface area contributed by atoms with Gasteiger partial charge in [0, 0.05) is 13.1 Å². The minimum absolute atomic E-state index is 0.0527. The Morgan fingerprint density at radius 2 is 1.74 bits per heavy atom. The van der Waals surface area contributed by atoms with E-state index < -0.39 is 0 Å². The number of carbonyl (C=O) groups excluding carboxylic acids is 1. The largest absolute Gasteiger partial charge is 0.352 e. The molecule has 0 aliphatic heterocycles. The summed E-state index contributed by atoms with van der Waals surface area (Å²) in [6.45, 7) is 11.3. The van der Waals surface area contributed by atoms with Crippen LogP contribution in [0.3, 0.4) is 0 Å². The van der Waals surface area contributed by atoms with Crippen molar-refractivity contribution < 1.29 is 4.79 Å². The number of benzene rings is 1. The summed E-state index contributed by atoms with van der Waals surface area (Å²) in [6, 6.07) is 4.30. The quantitative estimate of drug-likeness (QED) is 0.856. The lowest BCUT2D eigenvalue weighted by Gasteiger charge is -2.19. The van der Waals surface area contributed by atoms with E-state index in [0.29, 0.717) is 13.1 Å². The van der Waals surface area contributed by atoms with Gasteiger partial charge in [-0.3, -0.25) is 4.79 Å². The van der Waals surface area contributed by atoms with E-state index in [1.807, 2.05) is 13.8 Å². The van der Waals surface area contributed by atoms with Gasteiger partial charge in [-0.05, 0) is 43.4 Å². The Hall–Kier alpha value is -1.35. The maximum absolute atomic E-state index is 12.1. The lowest BCUT2D eigenvalue weighted by Crippen LogP contribution is -2.37. The van der Waals surface area contributed by atoms with Crippen LogP contribution in [0.15, 0.2) is 12.1 Å². The van der Waals surface area contributed by atoms with Gasteiger partial charge >= 0.3 is 0 Å². The van der Waals surface area contributed by atoms with Crippen LogP contribution in [-0.2, 0) is 11.3 Å². The SMILES string of the molecule is Cc1cc(C)c(CNC(=O)C(CN)C(C)C)c(C)c1. The summed E-state index contributed by atoms with van der Waals surface area (Å²) < 4.78 is 0. The van der Waals surface area contributed by atoms with Gasteiger partial charge in [-0.15, -0.1) is 0 Å². The van der Waals surface area contributed by atoms with Crippen molar-refractivity contribution in [3.8, 4) is 0 Å². The third kappa shape index (κ3) is 4.06. The number of carbonyl (C=O) groups is 1. The molecular formula is C16H26N2O. The number of hydrogen-bond donors (Lipinski definition) is 2. The highest BCUT2D eigenvalue weighted by Gasteiger charge is 2.20. The molecule has 106 valence electrons. The van der Waals surface area contributed by atoms with E-state index in [-0.39, 0.29) is 17.7 Å². The van der Waals surface area contributed by atoms with Crippen LogP contribution in [-0.4, -0.2) is 12.5 Å². The summed E-state index contributed by atoms with van der Waals surface area (Å²) in [4.78, 5) is 12.1. The van der Waals surface area contributed by atoms with Gasteiger partial charge in [-0.1, -0.05) is 31.5 Å². The zero-order chi connectivity index (χ0) is 14.6. The Balaban J connectivity index is 2.75. The second kappa shape index (κ2) is 6.71. The molecule has 0 bridgehead atoms. The van der Waals surface area contributed by atoms with Crippen LogP contribution >= 0.6 is 0 Å². The van der Waals surface area contributed by atoms with Gasteiger partial charge in [0.25, 0.3) is 0 Å². The van der Waals surface area contributed by atoms with E-state index in [1.54, 1.807) is 0 Å². The van der Waals surface area contributed by atoms with Crippen molar-refractivity contribution >= 4 is 5.91 Å². The number of nitrogens with two attached hydrogens (primary N) is 1. The molecule has 3 nitrogen and oxygen atoms in total. The monoisotopic (exact) mass is 262 g/mol. The molecule has 0 aromatic heterocycles. The summed E-state index contributed by atoms with van der Waals surface area (Å²) >= 11 is 0. The van der Waals surface area contributed by atoms with Gasteiger partial charge in [0.15, 0.2) is 0 Å². The molecule has 0 spiro atoms. The zero-order valence-electron chi connectivity index (χ0n) is 12.7. The smallest absolute Gasteiger partial charge is 0.224 e. The second-order valence-corrected chi connectivity index (χ2v) is 5.68. The number of hydrogen-bond acceptors (Lipinski definition) is 2. The highest BCUT2D eigenvalue weighted by atomic mass is 16.1. The van der Waals surface area contributed by atoms with Crippen molar-refractivity contribution in [2.75, 3.05) is 6.54 Å². The number of rotatable bonds is 5. The first-order valence-corrected chi connectivity index (χ1v) is 6.91. The minimum Gasteiger partial charge on any atom is -0.352 e. The standard InChI is InChI=1S/C16H26N2O/c1-10(2)14(8-17)16(19)18-9-15-12(4)6-11(3)7-13(15)5/h6-7,10,14H,8-9,17H2,1-5H3,(H,18,19). The van der Waals surface area contributed by atoms with Crippen molar-refractivity contribution in [1.82, 2.24) is 5.32 Å². The Morgan fingerprint density at radius 3 is 2.16 bits per heavy atom. The third-order valence-corrected chi connectivity index (χ3v) is 3.68. The molecule has 1 amide bonds. The Bertz CT molecular complexity index is 429. The predicted molar refractivity (Wildman–Crippen MR) is 79.9 cm³/mol. The topological polar surface area (TPSA) is 55.1 Å². The molecule has 3 N–H and O–H groups in total. The molecule has 1 unspecified atom stereocenters. The molecule has 0 fully saturated rings. The average Bonchev–Trinajstić information content (AvgIpc) is 2.27. The van der Waals surface area contributed by atoms with E-state index in [1.165, 1.54) is 22.3 Å². The number of aryl methyl sites for hydroxylation is 3. The van der Waals surface area contributed by atoms with E-state index >= 15 is 0 Å². The first-order chi connectivity index (χ1) is 8.86. The van der Waals surface area contributed by atoms with E-state index in [2.05, 4.69) is 38.2 Å². The molecule has 3 heteroatoms. The molecule has 0 radical (unpaired) electrons. The van der Waals surface area contributed by atoms with Gasteiger partial charge in [0.2, 0.25) is 5.91 Å². The Morgan fingerprint density at radius 1 is 1.21 bits per heavy atom. The summed E-state index contributed by atoms with van der Waals surface area (Å²) in [6.07, 6.45) is 0. The van der Waals surface area contributed by atoms with Crippen molar-refractivity contribution in [2.45, 2.75) is 41.2 Å². The van der Waals surface area contributed by atoms with Crippen LogP contribution in [0.25, 0.3) is 0 Å². The fraction of sp³-hybridized carbons (Fsp3) is 0.562. The van der Waals surface area contributed by atoms with Crippen molar-refractivity contribution in [3.63, 3.8) is 0 Å². The lowest BCUT2D eigenvalue weighted by atomic mass is 9.94. The van der Waals surface area contributed by atoms with Crippen LogP contribution in [0, 0.1) is 32.6 Å². The van der Waals surface area contributed by atoms with E-state index in [0.717, 1.165) is 0 Å². The fourth-order valence-electron chi connectivity index (χ4n) is 2.48. The third-order valence-electron chi connectivity index (χ3n) is 3.68. The molecule has 0 saturated carbocycles. The van der Waals surface area contributed by atoms with Crippen LogP contribution in [0.4, 0.5) is 0 Å². The minimum atomic E-state index is -0.105. The fourth-order valence-corrected chi connectivity index (χ4v) is 2.48. The summed E-state index contributed by atoms with van der Waals surface area (Å²) in [5, 5.41) is 3.01. The zero-order valence-corrected chi connectivity index (χ0v) is 12.7. The van der Waals surface area contributed by atoms with Crippen molar-refractivity contribution in [1.29, 1.82) is 0 Å². The highest BCUT2D eigenvalue weighted by Crippen LogP contribution is 2.16. The second-order valence-electron chi connectivity index (χ2n) is 5.68. The highest BCUT2D eigenvalue weighted by molar-refractivity contribution is 5.79. The molecule has 1 rings (SSSR count). The predicted octanol–water partition coefficient (Wildman–Crippen LogP) is 2.46. The van der Waals surface area contributed by atoms with Crippen molar-refractivity contribution in [2.24, 2.45) is 17.6 Å². The van der Waals surface area contributed by atoms with Crippen LogP contribution in [0.5, 0.6) is 0 Å². The van der Waals surface area contributed by atoms with Crippen LogP contribution in [0.1, 0.15) is 36.1 Å².